The monoisotopic (exact) mass is 415 g/mol. The highest BCUT2D eigenvalue weighted by Crippen LogP contribution is 2.23. The largest absolute Gasteiger partial charge is 0.341 e. The molecule has 2 saturated heterocycles. The summed E-state index contributed by atoms with van der Waals surface area (Å²) < 4.78 is 0. The van der Waals surface area contributed by atoms with Crippen LogP contribution >= 0.6 is 0 Å². The van der Waals surface area contributed by atoms with E-state index in [1.807, 2.05) is 6.21 Å². The van der Waals surface area contributed by atoms with Crippen molar-refractivity contribution in [2.75, 3.05) is 41.4 Å². The van der Waals surface area contributed by atoms with Gasteiger partial charge in [0.15, 0.2) is 0 Å². The molecule has 2 fully saturated rings. The standard InChI is InChI=1S/C24H29N7/c1-5-14-30(15-6-1)23-26-22(27-24(28-23)31-16-7-2-8-17-31)29-25-18-20-12-9-11-19-10-3-4-13-21(19)20/h3-4,9-13,18H,1-2,5-8,14-17H2,(H,26,27,28,29). The van der Waals surface area contributed by atoms with Crippen LogP contribution in [0.25, 0.3) is 10.8 Å². The second-order valence-electron chi connectivity index (χ2n) is 8.29. The maximum absolute atomic E-state index is 4.83. The summed E-state index contributed by atoms with van der Waals surface area (Å²) in [5, 5.41) is 6.85. The van der Waals surface area contributed by atoms with Crippen molar-refractivity contribution in [1.82, 2.24) is 15.0 Å². The smallest absolute Gasteiger partial charge is 0.250 e. The van der Waals surface area contributed by atoms with E-state index < -0.39 is 0 Å². The van der Waals surface area contributed by atoms with Gasteiger partial charge in [0.25, 0.3) is 0 Å². The quantitative estimate of drug-likeness (QED) is 0.490. The lowest BCUT2D eigenvalue weighted by Crippen LogP contribution is -2.34. The van der Waals surface area contributed by atoms with Crippen LogP contribution < -0.4 is 15.2 Å². The summed E-state index contributed by atoms with van der Waals surface area (Å²) in [6, 6.07) is 14.6. The SMILES string of the molecule is C(=NNc1nc(N2CCCCC2)nc(N2CCCCC2)n1)c1cccc2ccccc12. The molecule has 1 N–H and O–H groups in total. The first-order valence-corrected chi connectivity index (χ1v) is 11.4. The summed E-state index contributed by atoms with van der Waals surface area (Å²) in [6.45, 7) is 4.01. The zero-order chi connectivity index (χ0) is 20.9. The van der Waals surface area contributed by atoms with E-state index in [9.17, 15) is 0 Å². The van der Waals surface area contributed by atoms with Gasteiger partial charge >= 0.3 is 0 Å². The van der Waals surface area contributed by atoms with Crippen molar-refractivity contribution in [3.63, 3.8) is 0 Å². The maximum atomic E-state index is 4.83. The van der Waals surface area contributed by atoms with Gasteiger partial charge in [-0.05, 0) is 49.3 Å². The molecule has 2 aliphatic heterocycles. The van der Waals surface area contributed by atoms with E-state index in [0.717, 1.165) is 43.6 Å². The molecule has 3 aromatic rings. The fourth-order valence-corrected chi connectivity index (χ4v) is 4.40. The molecule has 0 atom stereocenters. The second kappa shape index (κ2) is 9.29. The highest BCUT2D eigenvalue weighted by molar-refractivity contribution is 5.99. The number of nitrogens with zero attached hydrogens (tertiary/aromatic N) is 6. The Morgan fingerprint density at radius 3 is 2.00 bits per heavy atom. The van der Waals surface area contributed by atoms with Gasteiger partial charge < -0.3 is 9.80 Å². The molecule has 3 heterocycles. The molecule has 2 aliphatic rings. The molecule has 1 aromatic heterocycles. The zero-order valence-electron chi connectivity index (χ0n) is 17.9. The highest BCUT2D eigenvalue weighted by Gasteiger charge is 2.20. The number of hydrogen-bond acceptors (Lipinski definition) is 7. The molecular formula is C24H29N7. The first-order valence-electron chi connectivity index (χ1n) is 11.4. The molecule has 0 amide bonds. The van der Waals surface area contributed by atoms with E-state index in [2.05, 4.69) is 62.8 Å². The Kier molecular flexibility index (Phi) is 5.91. The molecule has 0 unspecified atom stereocenters. The minimum atomic E-state index is 0.507. The van der Waals surface area contributed by atoms with Crippen molar-refractivity contribution >= 4 is 34.8 Å². The average Bonchev–Trinajstić information content (AvgIpc) is 2.85. The Morgan fingerprint density at radius 1 is 0.710 bits per heavy atom. The first-order chi connectivity index (χ1) is 15.4. The summed E-state index contributed by atoms with van der Waals surface area (Å²) in [5.74, 6) is 2.03. The lowest BCUT2D eigenvalue weighted by Gasteiger charge is -2.30. The maximum Gasteiger partial charge on any atom is 0.250 e. The van der Waals surface area contributed by atoms with Gasteiger partial charge in [-0.3, -0.25) is 0 Å². The van der Waals surface area contributed by atoms with Crippen LogP contribution in [0, 0.1) is 0 Å². The third-order valence-electron chi connectivity index (χ3n) is 6.08. The molecular weight excluding hydrogens is 386 g/mol. The third kappa shape index (κ3) is 4.60. The van der Waals surface area contributed by atoms with Crippen molar-refractivity contribution in [3.8, 4) is 0 Å². The molecule has 0 radical (unpaired) electrons. The molecule has 0 aliphatic carbocycles. The molecule has 5 rings (SSSR count). The molecule has 0 bridgehead atoms. The molecule has 160 valence electrons. The van der Waals surface area contributed by atoms with Crippen molar-refractivity contribution in [3.05, 3.63) is 48.0 Å². The highest BCUT2D eigenvalue weighted by atomic mass is 15.4. The van der Waals surface area contributed by atoms with Gasteiger partial charge in [-0.1, -0.05) is 42.5 Å². The van der Waals surface area contributed by atoms with E-state index in [0.29, 0.717) is 5.95 Å². The van der Waals surface area contributed by atoms with E-state index in [-0.39, 0.29) is 0 Å². The molecule has 0 spiro atoms. The fourth-order valence-electron chi connectivity index (χ4n) is 4.40. The van der Waals surface area contributed by atoms with Crippen LogP contribution in [0.4, 0.5) is 17.8 Å². The van der Waals surface area contributed by atoms with E-state index in [1.54, 1.807) is 0 Å². The number of piperidine rings is 2. The number of fused-ring (bicyclic) bond motifs is 1. The number of hydrazone groups is 1. The van der Waals surface area contributed by atoms with Gasteiger partial charge in [0.1, 0.15) is 0 Å². The molecule has 0 saturated carbocycles. The Bertz CT molecular complexity index is 1010. The van der Waals surface area contributed by atoms with Crippen molar-refractivity contribution in [2.45, 2.75) is 38.5 Å². The molecule has 31 heavy (non-hydrogen) atoms. The summed E-state index contributed by atoms with van der Waals surface area (Å²) in [5.41, 5.74) is 4.13. The lowest BCUT2D eigenvalue weighted by molar-refractivity contribution is 0.556. The normalized spacial score (nSPS) is 17.4. The summed E-state index contributed by atoms with van der Waals surface area (Å²) in [6.07, 6.45) is 9.15. The number of hydrogen-bond donors (Lipinski definition) is 1. The minimum Gasteiger partial charge on any atom is -0.341 e. The average molecular weight is 416 g/mol. The van der Waals surface area contributed by atoms with Gasteiger partial charge in [-0.25, -0.2) is 5.43 Å². The molecule has 2 aromatic carbocycles. The number of nitrogens with one attached hydrogen (secondary N) is 1. The Morgan fingerprint density at radius 2 is 1.32 bits per heavy atom. The van der Waals surface area contributed by atoms with Gasteiger partial charge in [0, 0.05) is 31.7 Å². The number of rotatable bonds is 5. The minimum absolute atomic E-state index is 0.507. The fraction of sp³-hybridized carbons (Fsp3) is 0.417. The Hall–Kier alpha value is -3.22. The predicted molar refractivity (Wildman–Crippen MR) is 127 cm³/mol. The van der Waals surface area contributed by atoms with Gasteiger partial charge in [0.2, 0.25) is 17.8 Å². The van der Waals surface area contributed by atoms with Crippen molar-refractivity contribution < 1.29 is 0 Å². The van der Waals surface area contributed by atoms with Crippen LogP contribution in [-0.2, 0) is 0 Å². The van der Waals surface area contributed by atoms with Crippen LogP contribution in [-0.4, -0.2) is 47.3 Å². The van der Waals surface area contributed by atoms with Crippen LogP contribution in [0.15, 0.2) is 47.6 Å². The van der Waals surface area contributed by atoms with Crippen LogP contribution in [0.5, 0.6) is 0 Å². The summed E-state index contributed by atoms with van der Waals surface area (Å²) in [4.78, 5) is 18.8. The van der Waals surface area contributed by atoms with Crippen molar-refractivity contribution in [1.29, 1.82) is 0 Å². The number of aromatic nitrogens is 3. The Balaban J connectivity index is 1.41. The number of benzene rings is 2. The molecule has 7 heteroatoms. The number of anilines is 3. The van der Waals surface area contributed by atoms with Crippen LogP contribution in [0.2, 0.25) is 0 Å². The summed E-state index contributed by atoms with van der Waals surface area (Å²) in [7, 11) is 0. The predicted octanol–water partition coefficient (Wildman–Crippen LogP) is 4.45. The van der Waals surface area contributed by atoms with E-state index in [4.69, 9.17) is 15.0 Å². The third-order valence-corrected chi connectivity index (χ3v) is 6.08. The van der Waals surface area contributed by atoms with Gasteiger partial charge in [-0.15, -0.1) is 0 Å². The van der Waals surface area contributed by atoms with Gasteiger partial charge in [0.05, 0.1) is 6.21 Å². The molecule has 7 nitrogen and oxygen atoms in total. The lowest BCUT2D eigenvalue weighted by atomic mass is 10.1. The topological polar surface area (TPSA) is 69.5 Å². The van der Waals surface area contributed by atoms with Gasteiger partial charge in [-0.2, -0.15) is 20.1 Å². The summed E-state index contributed by atoms with van der Waals surface area (Å²) >= 11 is 0. The first kappa shape index (κ1) is 19.7. The zero-order valence-corrected chi connectivity index (χ0v) is 17.9. The van der Waals surface area contributed by atoms with Crippen molar-refractivity contribution in [2.24, 2.45) is 5.10 Å². The second-order valence-corrected chi connectivity index (χ2v) is 8.29. The van der Waals surface area contributed by atoms with Crippen LogP contribution in [0.3, 0.4) is 0 Å². The van der Waals surface area contributed by atoms with E-state index >= 15 is 0 Å². The van der Waals surface area contributed by atoms with Crippen LogP contribution in [0.1, 0.15) is 44.1 Å². The Labute approximate surface area is 183 Å². The van der Waals surface area contributed by atoms with E-state index in [1.165, 1.54) is 49.3 Å².